The van der Waals surface area contributed by atoms with Crippen molar-refractivity contribution in [1.82, 2.24) is 10.2 Å². The fourth-order valence-electron chi connectivity index (χ4n) is 2.27. The summed E-state index contributed by atoms with van der Waals surface area (Å²) in [6, 6.07) is 1.36. The molecule has 0 bridgehead atoms. The van der Waals surface area contributed by atoms with Gasteiger partial charge in [0, 0.05) is 25.2 Å². The Balaban J connectivity index is 2.53. The molecule has 1 rings (SSSR count). The summed E-state index contributed by atoms with van der Waals surface area (Å²) in [5, 5.41) is 3.39. The van der Waals surface area contributed by atoms with Gasteiger partial charge in [-0.2, -0.15) is 0 Å². The Kier molecular flexibility index (Phi) is 3.94. The van der Waals surface area contributed by atoms with Crippen LogP contribution in [0.2, 0.25) is 0 Å². The van der Waals surface area contributed by atoms with Crippen molar-refractivity contribution in [3.63, 3.8) is 0 Å². The minimum atomic E-state index is 0.671. The molecule has 0 aliphatic carbocycles. The van der Waals surface area contributed by atoms with Crippen LogP contribution in [-0.4, -0.2) is 37.1 Å². The summed E-state index contributed by atoms with van der Waals surface area (Å²) in [4.78, 5) is 2.51. The third kappa shape index (κ3) is 2.32. The molecule has 3 atom stereocenters. The lowest BCUT2D eigenvalue weighted by Crippen LogP contribution is -2.52. The number of piperidine rings is 1. The van der Waals surface area contributed by atoms with Crippen LogP contribution in [0.1, 0.15) is 20.3 Å². The number of hydrogen-bond acceptors (Lipinski definition) is 2. The van der Waals surface area contributed by atoms with E-state index in [0.717, 1.165) is 12.5 Å². The average Bonchev–Trinajstić information content (AvgIpc) is 2.14. The molecule has 2 nitrogen and oxygen atoms in total. The second-order valence-corrected chi connectivity index (χ2v) is 4.07. The van der Waals surface area contributed by atoms with Crippen LogP contribution in [0.3, 0.4) is 0 Å². The molecule has 0 spiro atoms. The molecule has 1 fully saturated rings. The van der Waals surface area contributed by atoms with Crippen molar-refractivity contribution >= 4 is 0 Å². The van der Waals surface area contributed by atoms with Crippen molar-refractivity contribution in [3.8, 4) is 0 Å². The normalized spacial score (nSPS) is 36.1. The largest absolute Gasteiger partial charge is 0.317 e. The molecule has 1 heterocycles. The van der Waals surface area contributed by atoms with Crippen LogP contribution >= 0.6 is 0 Å². The summed E-state index contributed by atoms with van der Waals surface area (Å²) >= 11 is 0. The number of nitrogens with one attached hydrogen (secondary N) is 1. The van der Waals surface area contributed by atoms with E-state index in [0.29, 0.717) is 12.1 Å². The monoisotopic (exact) mass is 182 g/mol. The van der Waals surface area contributed by atoms with E-state index in [-0.39, 0.29) is 0 Å². The summed E-state index contributed by atoms with van der Waals surface area (Å²) in [5.74, 6) is 0.735. The van der Waals surface area contributed by atoms with Crippen LogP contribution in [0.4, 0.5) is 0 Å². The predicted octanol–water partition coefficient (Wildman–Crippen LogP) is 1.49. The molecule has 13 heavy (non-hydrogen) atoms. The molecule has 1 N–H and O–H groups in total. The van der Waals surface area contributed by atoms with Gasteiger partial charge in [0.15, 0.2) is 0 Å². The maximum Gasteiger partial charge on any atom is 0.0163 e. The molecule has 0 aromatic heterocycles. The van der Waals surface area contributed by atoms with Crippen molar-refractivity contribution in [2.45, 2.75) is 32.4 Å². The molecular formula is C11H22N2. The van der Waals surface area contributed by atoms with E-state index < -0.39 is 0 Å². The van der Waals surface area contributed by atoms with Crippen LogP contribution in [0.15, 0.2) is 12.7 Å². The summed E-state index contributed by atoms with van der Waals surface area (Å²) in [7, 11) is 2.07. The van der Waals surface area contributed by atoms with Crippen molar-refractivity contribution < 1.29 is 0 Å². The Bertz CT molecular complexity index is 167. The Hall–Kier alpha value is -0.340. The molecule has 0 aromatic rings. The zero-order chi connectivity index (χ0) is 9.84. The Labute approximate surface area is 82.0 Å². The Morgan fingerprint density at radius 1 is 1.54 bits per heavy atom. The van der Waals surface area contributed by atoms with Crippen LogP contribution < -0.4 is 5.32 Å². The molecular weight excluding hydrogens is 160 g/mol. The van der Waals surface area contributed by atoms with Gasteiger partial charge in [-0.15, -0.1) is 6.58 Å². The smallest absolute Gasteiger partial charge is 0.0163 e. The minimum Gasteiger partial charge on any atom is -0.317 e. The van der Waals surface area contributed by atoms with E-state index >= 15 is 0 Å². The average molecular weight is 182 g/mol. The van der Waals surface area contributed by atoms with Gasteiger partial charge >= 0.3 is 0 Å². The highest BCUT2D eigenvalue weighted by molar-refractivity contribution is 4.90. The fraction of sp³-hybridized carbons (Fsp3) is 0.818. The lowest BCUT2D eigenvalue weighted by molar-refractivity contribution is 0.0993. The van der Waals surface area contributed by atoms with Gasteiger partial charge in [-0.05, 0) is 26.3 Å². The van der Waals surface area contributed by atoms with E-state index in [9.17, 15) is 0 Å². The first kappa shape index (κ1) is 10.7. The minimum absolute atomic E-state index is 0.671. The van der Waals surface area contributed by atoms with Gasteiger partial charge < -0.3 is 5.32 Å². The third-order valence-corrected chi connectivity index (χ3v) is 3.43. The van der Waals surface area contributed by atoms with Crippen LogP contribution in [-0.2, 0) is 0 Å². The van der Waals surface area contributed by atoms with Crippen molar-refractivity contribution in [1.29, 1.82) is 0 Å². The van der Waals surface area contributed by atoms with E-state index in [1.54, 1.807) is 0 Å². The van der Waals surface area contributed by atoms with Gasteiger partial charge in [0.2, 0.25) is 0 Å². The standard InChI is InChI=1S/C11H22N2/c1-5-7-13-8-6-11(12-4)9(2)10(13)3/h5,9-12H,1,6-8H2,2-4H3. The fourth-order valence-corrected chi connectivity index (χ4v) is 2.27. The summed E-state index contributed by atoms with van der Waals surface area (Å²) in [6.07, 6.45) is 3.26. The molecule has 0 saturated carbocycles. The summed E-state index contributed by atoms with van der Waals surface area (Å²) in [6.45, 7) is 10.7. The molecule has 0 aromatic carbocycles. The first-order chi connectivity index (χ1) is 6.20. The first-order valence-electron chi connectivity index (χ1n) is 5.23. The van der Waals surface area contributed by atoms with Crippen molar-refractivity contribution in [2.24, 2.45) is 5.92 Å². The molecule has 0 amide bonds. The zero-order valence-electron chi connectivity index (χ0n) is 9.09. The molecule has 0 radical (unpaired) electrons. The highest BCUT2D eigenvalue weighted by atomic mass is 15.2. The lowest BCUT2D eigenvalue weighted by Gasteiger charge is -2.42. The van der Waals surface area contributed by atoms with Crippen molar-refractivity contribution in [2.75, 3.05) is 20.1 Å². The SMILES string of the molecule is C=CCN1CCC(NC)C(C)C1C. The molecule has 3 unspecified atom stereocenters. The van der Waals surface area contributed by atoms with E-state index in [4.69, 9.17) is 0 Å². The second-order valence-electron chi connectivity index (χ2n) is 4.07. The number of nitrogens with zero attached hydrogens (tertiary/aromatic N) is 1. The van der Waals surface area contributed by atoms with Gasteiger partial charge in [-0.1, -0.05) is 13.0 Å². The Morgan fingerprint density at radius 3 is 2.77 bits per heavy atom. The zero-order valence-corrected chi connectivity index (χ0v) is 9.09. The number of hydrogen-bond donors (Lipinski definition) is 1. The molecule has 2 heteroatoms. The number of likely N-dealkylation sites (tertiary alicyclic amines) is 1. The van der Waals surface area contributed by atoms with Gasteiger partial charge in [0.05, 0.1) is 0 Å². The second kappa shape index (κ2) is 4.77. The van der Waals surface area contributed by atoms with E-state index in [2.05, 4.69) is 37.7 Å². The van der Waals surface area contributed by atoms with E-state index in [1.807, 2.05) is 6.08 Å². The summed E-state index contributed by atoms with van der Waals surface area (Å²) < 4.78 is 0. The van der Waals surface area contributed by atoms with Gasteiger partial charge in [-0.3, -0.25) is 4.90 Å². The van der Waals surface area contributed by atoms with Gasteiger partial charge in [0.25, 0.3) is 0 Å². The molecule has 1 aliphatic rings. The van der Waals surface area contributed by atoms with Crippen molar-refractivity contribution in [3.05, 3.63) is 12.7 Å². The third-order valence-electron chi connectivity index (χ3n) is 3.43. The lowest BCUT2D eigenvalue weighted by atomic mass is 9.87. The maximum atomic E-state index is 3.80. The molecule has 1 saturated heterocycles. The molecule has 76 valence electrons. The van der Waals surface area contributed by atoms with Gasteiger partial charge in [0.1, 0.15) is 0 Å². The Morgan fingerprint density at radius 2 is 2.23 bits per heavy atom. The topological polar surface area (TPSA) is 15.3 Å². The highest BCUT2D eigenvalue weighted by Crippen LogP contribution is 2.22. The van der Waals surface area contributed by atoms with Crippen LogP contribution in [0.5, 0.6) is 0 Å². The van der Waals surface area contributed by atoms with Crippen LogP contribution in [0.25, 0.3) is 0 Å². The quantitative estimate of drug-likeness (QED) is 0.665. The first-order valence-corrected chi connectivity index (χ1v) is 5.23. The molecule has 1 aliphatic heterocycles. The number of rotatable bonds is 3. The van der Waals surface area contributed by atoms with Crippen LogP contribution in [0, 0.1) is 5.92 Å². The predicted molar refractivity (Wildman–Crippen MR) is 57.9 cm³/mol. The van der Waals surface area contributed by atoms with Gasteiger partial charge in [-0.25, -0.2) is 0 Å². The maximum absolute atomic E-state index is 3.80. The summed E-state index contributed by atoms with van der Waals surface area (Å²) in [5.41, 5.74) is 0. The highest BCUT2D eigenvalue weighted by Gasteiger charge is 2.30. The van der Waals surface area contributed by atoms with E-state index in [1.165, 1.54) is 13.0 Å².